The summed E-state index contributed by atoms with van der Waals surface area (Å²) in [4.78, 5) is 11.2. The molecule has 0 unspecified atom stereocenters. The van der Waals surface area contributed by atoms with E-state index in [1.807, 2.05) is 54.6 Å². The Morgan fingerprint density at radius 3 is 1.33 bits per heavy atom. The molecule has 0 saturated carbocycles. The van der Waals surface area contributed by atoms with Crippen molar-refractivity contribution in [2.75, 3.05) is 0 Å². The van der Waals surface area contributed by atoms with Crippen molar-refractivity contribution < 1.29 is 9.90 Å². The molecule has 0 amide bonds. The van der Waals surface area contributed by atoms with E-state index in [0.717, 1.165) is 22.0 Å². The molecule has 0 saturated heterocycles. The van der Waals surface area contributed by atoms with Gasteiger partial charge in [0.05, 0.1) is 6.08 Å². The fraction of sp³-hybridized carbons (Fsp3) is 0. The fourth-order valence-electron chi connectivity index (χ4n) is 2.78. The Morgan fingerprint density at radius 1 is 0.708 bits per heavy atom. The highest BCUT2D eigenvalue weighted by Crippen LogP contribution is 2.42. The van der Waals surface area contributed by atoms with Crippen molar-refractivity contribution in [1.82, 2.24) is 0 Å². The Balaban J connectivity index is 2.48. The van der Waals surface area contributed by atoms with Crippen LogP contribution in [0.1, 0.15) is 0 Å². The molecule has 24 heavy (non-hydrogen) atoms. The molecule has 0 heterocycles. The van der Waals surface area contributed by atoms with Crippen molar-refractivity contribution in [2.45, 2.75) is 0 Å². The highest BCUT2D eigenvalue weighted by Gasteiger charge is 2.24. The second-order valence-electron chi connectivity index (χ2n) is 5.29. The molecular weight excluding hydrogens is 315 g/mol. The zero-order valence-corrected chi connectivity index (χ0v) is 13.9. The number of hydrogen-bond donors (Lipinski definition) is 1. The molecule has 3 aromatic carbocycles. The van der Waals surface area contributed by atoms with E-state index in [0.29, 0.717) is 0 Å². The normalized spacial score (nSPS) is 10.7. The summed E-state index contributed by atoms with van der Waals surface area (Å²) >= 11 is 0. The number of hydrogen-bond acceptors (Lipinski definition) is 1. The Labute approximate surface area is 141 Å². The summed E-state index contributed by atoms with van der Waals surface area (Å²) in [5, 5.41) is 12.5. The van der Waals surface area contributed by atoms with E-state index in [1.54, 1.807) is 0 Å². The third kappa shape index (κ3) is 3.12. The van der Waals surface area contributed by atoms with E-state index < -0.39 is 12.9 Å². The smallest absolute Gasteiger partial charge is 0.336 e. The largest absolute Gasteiger partial charge is 0.478 e. The van der Waals surface area contributed by atoms with E-state index in [-0.39, 0.29) is 0 Å². The van der Waals surface area contributed by atoms with E-state index in [2.05, 4.69) is 41.8 Å². The van der Waals surface area contributed by atoms with Gasteiger partial charge in [-0.15, -0.1) is 5.45 Å². The molecule has 2 nitrogen and oxygen atoms in total. The summed E-state index contributed by atoms with van der Waals surface area (Å²) in [6.07, 6.45) is 1.15. The molecule has 0 atom stereocenters. The van der Waals surface area contributed by atoms with Crippen molar-refractivity contribution in [2.24, 2.45) is 0 Å². The van der Waals surface area contributed by atoms with E-state index in [9.17, 15) is 9.90 Å². The standard InChI is InChI=1S/C21H17O2P/c22-21(23)16-17-24(18-10-4-1-5-11-18,19-12-6-2-7-13-19)20-14-8-3-9-15-20/h1-16H,(H,22,23). The monoisotopic (exact) mass is 332 g/mol. The summed E-state index contributed by atoms with van der Waals surface area (Å²) in [6, 6.07) is 30.1. The molecule has 0 spiro atoms. The zero-order chi connectivity index (χ0) is 16.8. The maximum Gasteiger partial charge on any atom is 0.336 e. The minimum absolute atomic E-state index is 0.984. The maximum absolute atomic E-state index is 11.2. The Kier molecular flexibility index (Phi) is 4.82. The zero-order valence-electron chi connectivity index (χ0n) is 13.0. The molecule has 0 fully saturated rings. The van der Waals surface area contributed by atoms with E-state index in [4.69, 9.17) is 0 Å². The lowest BCUT2D eigenvalue weighted by molar-refractivity contribution is -0.131. The third-order valence-corrected chi connectivity index (χ3v) is 7.55. The van der Waals surface area contributed by atoms with Crippen LogP contribution >= 0.6 is 6.89 Å². The molecule has 0 aliphatic carbocycles. The van der Waals surface area contributed by atoms with Gasteiger partial charge < -0.3 is 5.11 Å². The van der Waals surface area contributed by atoms with E-state index in [1.165, 1.54) is 0 Å². The van der Waals surface area contributed by atoms with Gasteiger partial charge in [0.15, 0.2) is 0 Å². The Bertz CT molecular complexity index is 806. The van der Waals surface area contributed by atoms with Gasteiger partial charge in [-0.25, -0.2) is 4.79 Å². The molecule has 3 aromatic rings. The summed E-state index contributed by atoms with van der Waals surface area (Å²) in [6.45, 7) is -2.29. The molecule has 3 rings (SSSR count). The minimum Gasteiger partial charge on any atom is -0.478 e. The first-order chi connectivity index (χ1) is 11.7. The van der Waals surface area contributed by atoms with Gasteiger partial charge in [0.25, 0.3) is 0 Å². The van der Waals surface area contributed by atoms with Crippen molar-refractivity contribution in [3.8, 4) is 0 Å². The molecule has 0 aliphatic heterocycles. The van der Waals surface area contributed by atoms with Crippen LogP contribution in [0.25, 0.3) is 0 Å². The Hall–Kier alpha value is -2.79. The predicted octanol–water partition coefficient (Wildman–Crippen LogP) is 3.02. The number of aliphatic carboxylic acids is 1. The molecule has 0 bridgehead atoms. The van der Waals surface area contributed by atoms with Gasteiger partial charge in [0.2, 0.25) is 0 Å². The lowest BCUT2D eigenvalue weighted by Crippen LogP contribution is -2.26. The number of carboxylic acids is 1. The minimum atomic E-state index is -2.29. The number of rotatable bonds is 4. The summed E-state index contributed by atoms with van der Waals surface area (Å²) in [5.41, 5.74) is 3.27. The SMILES string of the molecule is O=C(O)C=C=P(c1ccccc1)(c1ccccc1)c1ccccc1. The quantitative estimate of drug-likeness (QED) is 0.589. The molecular formula is C21H17O2P. The van der Waals surface area contributed by atoms with Crippen LogP contribution in [0.15, 0.2) is 97.1 Å². The second kappa shape index (κ2) is 7.19. The first-order valence-electron chi connectivity index (χ1n) is 7.63. The topological polar surface area (TPSA) is 37.3 Å². The molecule has 0 radical (unpaired) electrons. The highest BCUT2D eigenvalue weighted by molar-refractivity contribution is 7.94. The third-order valence-electron chi connectivity index (χ3n) is 3.81. The van der Waals surface area contributed by atoms with Gasteiger partial charge in [-0.3, -0.25) is 0 Å². The van der Waals surface area contributed by atoms with Crippen LogP contribution < -0.4 is 15.9 Å². The molecule has 118 valence electrons. The maximum atomic E-state index is 11.2. The van der Waals surface area contributed by atoms with Crippen molar-refractivity contribution >= 4 is 34.2 Å². The average Bonchev–Trinajstić information content (AvgIpc) is 2.65. The first-order valence-corrected chi connectivity index (χ1v) is 9.42. The van der Waals surface area contributed by atoms with Gasteiger partial charge >= 0.3 is 5.97 Å². The fourth-order valence-corrected chi connectivity index (χ4v) is 6.28. The predicted molar refractivity (Wildman–Crippen MR) is 102 cm³/mol. The highest BCUT2D eigenvalue weighted by atomic mass is 31.2. The molecule has 3 heteroatoms. The van der Waals surface area contributed by atoms with Gasteiger partial charge in [-0.2, -0.15) is 0 Å². The van der Waals surface area contributed by atoms with Crippen molar-refractivity contribution in [1.29, 1.82) is 0 Å². The number of benzene rings is 3. The van der Waals surface area contributed by atoms with Gasteiger partial charge in [-0.05, 0) is 15.9 Å². The van der Waals surface area contributed by atoms with Crippen LogP contribution in [0.5, 0.6) is 0 Å². The van der Waals surface area contributed by atoms with Crippen LogP contribution in [0.4, 0.5) is 0 Å². The molecule has 0 aromatic heterocycles. The van der Waals surface area contributed by atoms with Gasteiger partial charge in [-0.1, -0.05) is 91.0 Å². The second-order valence-corrected chi connectivity index (χ2v) is 8.44. The Morgan fingerprint density at radius 2 is 1.04 bits per heavy atom. The van der Waals surface area contributed by atoms with Gasteiger partial charge in [0, 0.05) is 6.89 Å². The first kappa shape index (κ1) is 16.1. The van der Waals surface area contributed by atoms with Crippen LogP contribution in [0.2, 0.25) is 0 Å². The van der Waals surface area contributed by atoms with Crippen LogP contribution in [0, 0.1) is 0 Å². The number of carboxylic acid groups (broad SMARTS) is 1. The van der Waals surface area contributed by atoms with Crippen LogP contribution in [-0.4, -0.2) is 16.5 Å². The molecule has 0 aliphatic rings. The van der Waals surface area contributed by atoms with Crippen LogP contribution in [0.3, 0.4) is 0 Å². The van der Waals surface area contributed by atoms with Crippen LogP contribution in [-0.2, 0) is 4.79 Å². The lowest BCUT2D eigenvalue weighted by Gasteiger charge is -2.25. The van der Waals surface area contributed by atoms with Gasteiger partial charge in [0.1, 0.15) is 0 Å². The lowest BCUT2D eigenvalue weighted by atomic mass is 10.4. The summed E-state index contributed by atoms with van der Waals surface area (Å²) in [7, 11) is 0. The average molecular weight is 332 g/mol. The van der Waals surface area contributed by atoms with E-state index >= 15 is 0 Å². The van der Waals surface area contributed by atoms with Crippen molar-refractivity contribution in [3.05, 3.63) is 97.1 Å². The molecule has 1 N–H and O–H groups in total. The number of carbonyl (C=O) groups is 1. The summed E-state index contributed by atoms with van der Waals surface area (Å²) in [5.74, 6) is -0.984. The summed E-state index contributed by atoms with van der Waals surface area (Å²) < 4.78 is 0. The van der Waals surface area contributed by atoms with Crippen molar-refractivity contribution in [3.63, 3.8) is 0 Å².